The molecule has 0 radical (unpaired) electrons. The molecule has 0 spiro atoms. The Hall–Kier alpha value is -4.56. The van der Waals surface area contributed by atoms with Crippen LogP contribution >= 0.6 is 0 Å². The number of anilines is 3. The summed E-state index contributed by atoms with van der Waals surface area (Å²) in [5.74, 6) is 0.868. The topological polar surface area (TPSA) is 12.5 Å². The van der Waals surface area contributed by atoms with E-state index in [1.54, 1.807) is 7.11 Å². The zero-order valence-corrected chi connectivity index (χ0v) is 20.6. The van der Waals surface area contributed by atoms with Crippen LogP contribution in [0.4, 0.5) is 17.1 Å². The maximum Gasteiger partial charge on any atom is 0.118 e. The van der Waals surface area contributed by atoms with Crippen molar-refractivity contribution in [1.29, 1.82) is 0 Å². The van der Waals surface area contributed by atoms with Crippen LogP contribution in [0.3, 0.4) is 0 Å². The number of hydrogen-bond acceptors (Lipinski definition) is 2. The van der Waals surface area contributed by atoms with Crippen LogP contribution in [-0.2, 0) is 0 Å². The molecule has 0 aromatic heterocycles. The quantitative estimate of drug-likeness (QED) is 0.221. The second kappa shape index (κ2) is 10.8. The lowest BCUT2D eigenvalue weighted by molar-refractivity contribution is 0.415. The van der Waals surface area contributed by atoms with Gasteiger partial charge in [0.15, 0.2) is 0 Å². The molecule has 0 heterocycles. The summed E-state index contributed by atoms with van der Waals surface area (Å²) < 4.78 is 5.27. The molecule has 0 aliphatic carbocycles. The summed E-state index contributed by atoms with van der Waals surface area (Å²) in [5, 5.41) is 0. The van der Waals surface area contributed by atoms with Gasteiger partial charge in [-0.3, -0.25) is 0 Å². The van der Waals surface area contributed by atoms with E-state index < -0.39 is 0 Å². The van der Waals surface area contributed by atoms with Crippen LogP contribution in [0, 0.1) is 0 Å². The van der Waals surface area contributed by atoms with Gasteiger partial charge in [-0.15, -0.1) is 0 Å². The van der Waals surface area contributed by atoms with Crippen molar-refractivity contribution < 1.29 is 4.74 Å². The summed E-state index contributed by atoms with van der Waals surface area (Å²) in [6.45, 7) is 2.15. The lowest BCUT2D eigenvalue weighted by atomic mass is 10.0. The van der Waals surface area contributed by atoms with E-state index in [4.69, 9.17) is 4.74 Å². The molecule has 2 heteroatoms. The molecule has 5 rings (SSSR count). The van der Waals surface area contributed by atoms with Crippen LogP contribution in [0.5, 0.6) is 5.75 Å². The van der Waals surface area contributed by atoms with Crippen LogP contribution in [0.15, 0.2) is 133 Å². The van der Waals surface area contributed by atoms with E-state index in [2.05, 4.69) is 133 Å². The molecule has 5 aromatic carbocycles. The molecule has 0 atom stereocenters. The van der Waals surface area contributed by atoms with Crippen molar-refractivity contribution in [3.8, 4) is 16.9 Å². The normalized spacial score (nSPS) is 11.2. The number of ether oxygens (including phenoxy) is 1. The van der Waals surface area contributed by atoms with Crippen LogP contribution in [0.2, 0.25) is 0 Å². The molecule has 0 amide bonds. The SMILES string of the molecule is COc1ccc(/C=C(/C)c2ccc(N(c3ccccc3)c3ccc(-c4ccccc4)cc3)cc2)cc1. The van der Waals surface area contributed by atoms with E-state index in [0.717, 1.165) is 28.4 Å². The Morgan fingerprint density at radius 1 is 0.556 bits per heavy atom. The van der Waals surface area contributed by atoms with Gasteiger partial charge < -0.3 is 9.64 Å². The van der Waals surface area contributed by atoms with Crippen LogP contribution in [0.25, 0.3) is 22.8 Å². The van der Waals surface area contributed by atoms with Gasteiger partial charge in [-0.1, -0.05) is 91.0 Å². The number of rotatable bonds is 7. The van der Waals surface area contributed by atoms with E-state index in [1.807, 2.05) is 18.2 Å². The van der Waals surface area contributed by atoms with E-state index >= 15 is 0 Å². The van der Waals surface area contributed by atoms with E-state index in [1.165, 1.54) is 22.3 Å². The molecule has 0 saturated heterocycles. The van der Waals surface area contributed by atoms with Crippen molar-refractivity contribution in [1.82, 2.24) is 0 Å². The largest absolute Gasteiger partial charge is 0.497 e. The maximum atomic E-state index is 5.27. The van der Waals surface area contributed by atoms with E-state index in [0.29, 0.717) is 0 Å². The molecular weight excluding hydrogens is 438 g/mol. The van der Waals surface area contributed by atoms with Crippen LogP contribution < -0.4 is 9.64 Å². The molecule has 0 saturated carbocycles. The lowest BCUT2D eigenvalue weighted by Gasteiger charge is -2.26. The molecule has 5 aromatic rings. The fourth-order valence-electron chi connectivity index (χ4n) is 4.36. The zero-order chi connectivity index (χ0) is 24.7. The third-order valence-electron chi connectivity index (χ3n) is 6.33. The second-order valence-corrected chi connectivity index (χ2v) is 8.73. The van der Waals surface area contributed by atoms with Gasteiger partial charge in [-0.2, -0.15) is 0 Å². The van der Waals surface area contributed by atoms with Crippen molar-refractivity contribution in [3.05, 3.63) is 145 Å². The van der Waals surface area contributed by atoms with Gasteiger partial charge in [0.25, 0.3) is 0 Å². The molecule has 176 valence electrons. The van der Waals surface area contributed by atoms with Gasteiger partial charge >= 0.3 is 0 Å². The summed E-state index contributed by atoms with van der Waals surface area (Å²) in [4.78, 5) is 2.29. The van der Waals surface area contributed by atoms with Crippen molar-refractivity contribution in [3.63, 3.8) is 0 Å². The molecule has 0 N–H and O–H groups in total. The number of benzene rings is 5. The number of para-hydroxylation sites is 1. The number of nitrogens with zero attached hydrogens (tertiary/aromatic N) is 1. The average Bonchev–Trinajstić information content (AvgIpc) is 2.95. The molecule has 0 fully saturated rings. The Balaban J connectivity index is 1.45. The Labute approximate surface area is 213 Å². The van der Waals surface area contributed by atoms with Gasteiger partial charge in [0.2, 0.25) is 0 Å². The Morgan fingerprint density at radius 3 is 1.64 bits per heavy atom. The van der Waals surface area contributed by atoms with Gasteiger partial charge in [-0.25, -0.2) is 0 Å². The van der Waals surface area contributed by atoms with Gasteiger partial charge in [0.05, 0.1) is 7.11 Å². The highest BCUT2D eigenvalue weighted by Crippen LogP contribution is 2.36. The fraction of sp³-hybridized carbons (Fsp3) is 0.0588. The monoisotopic (exact) mass is 467 g/mol. The van der Waals surface area contributed by atoms with Crippen LogP contribution in [0.1, 0.15) is 18.1 Å². The Bertz CT molecular complexity index is 1420. The minimum absolute atomic E-state index is 0.868. The Kier molecular flexibility index (Phi) is 6.95. The Morgan fingerprint density at radius 2 is 1.06 bits per heavy atom. The van der Waals surface area contributed by atoms with Crippen molar-refractivity contribution in [2.45, 2.75) is 6.92 Å². The number of methoxy groups -OCH3 is 1. The first kappa shape index (κ1) is 23.2. The fourth-order valence-corrected chi connectivity index (χ4v) is 4.36. The molecule has 2 nitrogen and oxygen atoms in total. The molecule has 0 aliphatic heterocycles. The van der Waals surface area contributed by atoms with Crippen molar-refractivity contribution in [2.24, 2.45) is 0 Å². The predicted octanol–water partition coefficient (Wildman–Crippen LogP) is 9.39. The van der Waals surface area contributed by atoms with Crippen molar-refractivity contribution >= 4 is 28.7 Å². The highest BCUT2D eigenvalue weighted by atomic mass is 16.5. The minimum Gasteiger partial charge on any atom is -0.497 e. The molecule has 0 bridgehead atoms. The van der Waals surface area contributed by atoms with Crippen molar-refractivity contribution in [2.75, 3.05) is 12.0 Å². The first-order valence-corrected chi connectivity index (χ1v) is 12.1. The third-order valence-corrected chi connectivity index (χ3v) is 6.33. The summed E-state index contributed by atoms with van der Waals surface area (Å²) in [7, 11) is 1.69. The molecule has 0 unspecified atom stereocenters. The third kappa shape index (κ3) is 5.24. The molecule has 0 aliphatic rings. The first-order chi connectivity index (χ1) is 17.7. The number of allylic oxidation sites excluding steroid dienone is 1. The minimum atomic E-state index is 0.868. The number of hydrogen-bond donors (Lipinski definition) is 0. The highest BCUT2D eigenvalue weighted by Gasteiger charge is 2.12. The maximum absolute atomic E-state index is 5.27. The molecular formula is C34H29NO. The summed E-state index contributed by atoms with van der Waals surface area (Å²) in [6.07, 6.45) is 2.20. The highest BCUT2D eigenvalue weighted by molar-refractivity contribution is 5.83. The summed E-state index contributed by atoms with van der Waals surface area (Å²) >= 11 is 0. The van der Waals surface area contributed by atoms with Crippen LogP contribution in [-0.4, -0.2) is 7.11 Å². The standard InChI is InChI=1S/C34H29NO/c1-26(25-27-13-23-34(36-2)24-14-27)28-15-19-32(20-16-28)35(31-11-7-4-8-12-31)33-21-17-30(18-22-33)29-9-5-3-6-10-29/h3-25H,1-2H3/b26-25-. The average molecular weight is 468 g/mol. The predicted molar refractivity (Wildman–Crippen MR) is 153 cm³/mol. The van der Waals surface area contributed by atoms with Gasteiger partial charge in [-0.05, 0) is 83.3 Å². The smallest absolute Gasteiger partial charge is 0.118 e. The van der Waals surface area contributed by atoms with Gasteiger partial charge in [0, 0.05) is 17.1 Å². The summed E-state index contributed by atoms with van der Waals surface area (Å²) in [6, 6.07) is 46.7. The van der Waals surface area contributed by atoms with Gasteiger partial charge in [0.1, 0.15) is 5.75 Å². The zero-order valence-electron chi connectivity index (χ0n) is 20.6. The second-order valence-electron chi connectivity index (χ2n) is 8.73. The first-order valence-electron chi connectivity index (χ1n) is 12.1. The summed E-state index contributed by atoms with van der Waals surface area (Å²) in [5.41, 5.74) is 9.37. The lowest BCUT2D eigenvalue weighted by Crippen LogP contribution is -2.09. The molecule has 36 heavy (non-hydrogen) atoms. The van der Waals surface area contributed by atoms with E-state index in [9.17, 15) is 0 Å². The van der Waals surface area contributed by atoms with E-state index in [-0.39, 0.29) is 0 Å².